The van der Waals surface area contributed by atoms with Crippen LogP contribution in [0.4, 0.5) is 5.82 Å². The molecular weight excluding hydrogens is 438 g/mol. The standard InChI is InChI=1S/C24H27N5O3S/c30-22(17-31-19-6-2-1-3-7-19)29-11-5-4-8-20(29)24-26-23(27-32-24)18-9-10-25-21(16-18)28-12-14-33-15-13-28/h1-3,6-7,9-10,16,20H,4-5,8,11-15,17H2/t20-/m1/s1. The number of rotatable bonds is 6. The van der Waals surface area contributed by atoms with Gasteiger partial charge >= 0.3 is 0 Å². The van der Waals surface area contributed by atoms with Gasteiger partial charge in [-0.05, 0) is 43.5 Å². The summed E-state index contributed by atoms with van der Waals surface area (Å²) < 4.78 is 11.3. The topological polar surface area (TPSA) is 84.6 Å². The number of likely N-dealkylation sites (tertiary alicyclic amines) is 1. The maximum absolute atomic E-state index is 12.9. The molecule has 1 amide bonds. The molecule has 172 valence electrons. The van der Waals surface area contributed by atoms with Gasteiger partial charge in [0.15, 0.2) is 6.61 Å². The zero-order valence-electron chi connectivity index (χ0n) is 18.4. The van der Waals surface area contributed by atoms with Gasteiger partial charge in [-0.15, -0.1) is 0 Å². The van der Waals surface area contributed by atoms with Crippen LogP contribution in [0.3, 0.4) is 0 Å². The van der Waals surface area contributed by atoms with Gasteiger partial charge in [0.1, 0.15) is 17.6 Å². The molecule has 9 heteroatoms. The Labute approximate surface area is 197 Å². The first kappa shape index (κ1) is 21.8. The average Bonchev–Trinajstić information content (AvgIpc) is 3.39. The van der Waals surface area contributed by atoms with Gasteiger partial charge in [0.25, 0.3) is 5.91 Å². The summed E-state index contributed by atoms with van der Waals surface area (Å²) in [6.45, 7) is 2.63. The number of benzene rings is 1. The predicted octanol–water partition coefficient (Wildman–Crippen LogP) is 3.82. The Morgan fingerprint density at radius 2 is 1.97 bits per heavy atom. The lowest BCUT2D eigenvalue weighted by Crippen LogP contribution is -2.41. The first-order chi connectivity index (χ1) is 16.3. The number of para-hydroxylation sites is 1. The maximum Gasteiger partial charge on any atom is 0.261 e. The van der Waals surface area contributed by atoms with Crippen molar-refractivity contribution in [1.82, 2.24) is 20.0 Å². The number of anilines is 1. The van der Waals surface area contributed by atoms with E-state index in [0.717, 1.165) is 55.2 Å². The number of nitrogens with zero attached hydrogens (tertiary/aromatic N) is 5. The van der Waals surface area contributed by atoms with Gasteiger partial charge in [-0.1, -0.05) is 23.4 Å². The molecule has 2 aliphatic rings. The van der Waals surface area contributed by atoms with Crippen LogP contribution in [0, 0.1) is 0 Å². The minimum absolute atomic E-state index is 0.0106. The molecule has 2 saturated heterocycles. The number of carbonyl (C=O) groups is 1. The van der Waals surface area contributed by atoms with Crippen LogP contribution in [-0.2, 0) is 4.79 Å². The summed E-state index contributed by atoms with van der Waals surface area (Å²) in [5, 5.41) is 4.23. The van der Waals surface area contributed by atoms with E-state index in [0.29, 0.717) is 24.0 Å². The number of carbonyl (C=O) groups excluding carboxylic acids is 1. The van der Waals surface area contributed by atoms with E-state index in [2.05, 4.69) is 20.0 Å². The summed E-state index contributed by atoms with van der Waals surface area (Å²) in [5.41, 5.74) is 0.870. The van der Waals surface area contributed by atoms with Gasteiger partial charge in [0, 0.05) is 42.9 Å². The molecule has 0 bridgehead atoms. The SMILES string of the molecule is O=C(COc1ccccc1)N1CCCC[C@@H]1c1nc(-c2ccnc(N3CCSCC3)c2)no1. The molecule has 2 aliphatic heterocycles. The first-order valence-corrected chi connectivity index (χ1v) is 12.5. The molecule has 0 N–H and O–H groups in total. The van der Waals surface area contributed by atoms with Crippen molar-refractivity contribution in [2.24, 2.45) is 0 Å². The van der Waals surface area contributed by atoms with Crippen LogP contribution in [0.2, 0.25) is 0 Å². The van der Waals surface area contributed by atoms with Crippen molar-refractivity contribution in [3.05, 3.63) is 54.6 Å². The number of hydrogen-bond acceptors (Lipinski definition) is 8. The normalized spacial score (nSPS) is 18.8. The molecule has 5 rings (SSSR count). The molecule has 33 heavy (non-hydrogen) atoms. The number of thioether (sulfide) groups is 1. The Balaban J connectivity index is 1.30. The van der Waals surface area contributed by atoms with Crippen molar-refractivity contribution in [3.8, 4) is 17.1 Å². The quantitative estimate of drug-likeness (QED) is 0.543. The van der Waals surface area contributed by atoms with Crippen LogP contribution in [0.1, 0.15) is 31.2 Å². The Morgan fingerprint density at radius 3 is 2.82 bits per heavy atom. The second-order valence-corrected chi connectivity index (χ2v) is 9.38. The number of pyridine rings is 1. The number of amides is 1. The van der Waals surface area contributed by atoms with Crippen LogP contribution in [0.5, 0.6) is 5.75 Å². The summed E-state index contributed by atoms with van der Waals surface area (Å²) in [7, 11) is 0. The van der Waals surface area contributed by atoms with Crippen molar-refractivity contribution < 1.29 is 14.1 Å². The fourth-order valence-corrected chi connectivity index (χ4v) is 5.15. The molecule has 0 radical (unpaired) electrons. The molecule has 3 aromatic rings. The molecule has 2 aromatic heterocycles. The third-order valence-electron chi connectivity index (χ3n) is 5.99. The van der Waals surface area contributed by atoms with Crippen LogP contribution in [0.25, 0.3) is 11.4 Å². The zero-order valence-corrected chi connectivity index (χ0v) is 19.2. The van der Waals surface area contributed by atoms with E-state index < -0.39 is 0 Å². The Hall–Kier alpha value is -3.07. The minimum Gasteiger partial charge on any atom is -0.484 e. The molecular formula is C24H27N5O3S. The van der Waals surface area contributed by atoms with Gasteiger partial charge in [-0.3, -0.25) is 4.79 Å². The molecule has 1 atom stereocenters. The lowest BCUT2D eigenvalue weighted by molar-refractivity contribution is -0.138. The summed E-state index contributed by atoms with van der Waals surface area (Å²) in [6, 6.07) is 13.1. The number of aromatic nitrogens is 3. The van der Waals surface area contributed by atoms with E-state index in [9.17, 15) is 4.79 Å². The summed E-state index contributed by atoms with van der Waals surface area (Å²) in [6.07, 6.45) is 4.56. The van der Waals surface area contributed by atoms with Crippen molar-refractivity contribution in [2.45, 2.75) is 25.3 Å². The molecule has 0 unspecified atom stereocenters. The lowest BCUT2D eigenvalue weighted by atomic mass is 10.0. The Bertz CT molecular complexity index is 1070. The zero-order chi connectivity index (χ0) is 22.5. The lowest BCUT2D eigenvalue weighted by Gasteiger charge is -2.33. The van der Waals surface area contributed by atoms with E-state index in [1.54, 1.807) is 6.20 Å². The number of piperidine rings is 1. The summed E-state index contributed by atoms with van der Waals surface area (Å²) in [4.78, 5) is 26.3. The predicted molar refractivity (Wildman–Crippen MR) is 127 cm³/mol. The Morgan fingerprint density at radius 1 is 1.12 bits per heavy atom. The smallest absolute Gasteiger partial charge is 0.261 e. The highest BCUT2D eigenvalue weighted by Gasteiger charge is 2.32. The van der Waals surface area contributed by atoms with Crippen molar-refractivity contribution >= 4 is 23.5 Å². The van der Waals surface area contributed by atoms with Crippen molar-refractivity contribution in [2.75, 3.05) is 42.6 Å². The highest BCUT2D eigenvalue weighted by molar-refractivity contribution is 7.99. The molecule has 8 nitrogen and oxygen atoms in total. The largest absolute Gasteiger partial charge is 0.484 e. The van der Waals surface area contributed by atoms with E-state index >= 15 is 0 Å². The van der Waals surface area contributed by atoms with Gasteiger partial charge in [0.2, 0.25) is 11.7 Å². The third kappa shape index (κ3) is 5.13. The Kier molecular flexibility index (Phi) is 6.76. The maximum atomic E-state index is 12.9. The second kappa shape index (κ2) is 10.2. The molecule has 1 aromatic carbocycles. The highest BCUT2D eigenvalue weighted by atomic mass is 32.2. The van der Waals surface area contributed by atoms with Gasteiger partial charge in [-0.2, -0.15) is 16.7 Å². The molecule has 0 spiro atoms. The molecule has 2 fully saturated rings. The fraction of sp³-hybridized carbons (Fsp3) is 0.417. The molecule has 0 aliphatic carbocycles. The third-order valence-corrected chi connectivity index (χ3v) is 6.94. The van der Waals surface area contributed by atoms with Gasteiger partial charge in [0.05, 0.1) is 0 Å². The fourth-order valence-electron chi connectivity index (χ4n) is 4.24. The summed E-state index contributed by atoms with van der Waals surface area (Å²) in [5.74, 6) is 4.77. The van der Waals surface area contributed by atoms with Crippen molar-refractivity contribution in [3.63, 3.8) is 0 Å². The number of ether oxygens (including phenoxy) is 1. The van der Waals surface area contributed by atoms with Gasteiger partial charge in [-0.25, -0.2) is 4.98 Å². The highest BCUT2D eigenvalue weighted by Crippen LogP contribution is 2.32. The minimum atomic E-state index is -0.229. The van der Waals surface area contributed by atoms with E-state index in [1.807, 2.05) is 59.1 Å². The second-order valence-electron chi connectivity index (χ2n) is 8.16. The first-order valence-electron chi connectivity index (χ1n) is 11.4. The van der Waals surface area contributed by atoms with Crippen LogP contribution < -0.4 is 9.64 Å². The van der Waals surface area contributed by atoms with E-state index in [-0.39, 0.29) is 18.6 Å². The van der Waals surface area contributed by atoms with Crippen LogP contribution in [-0.4, -0.2) is 63.7 Å². The molecule has 0 saturated carbocycles. The molecule has 4 heterocycles. The van der Waals surface area contributed by atoms with E-state index in [4.69, 9.17) is 9.26 Å². The number of hydrogen-bond donors (Lipinski definition) is 0. The van der Waals surface area contributed by atoms with Crippen LogP contribution in [0.15, 0.2) is 53.2 Å². The monoisotopic (exact) mass is 465 g/mol. The van der Waals surface area contributed by atoms with Crippen molar-refractivity contribution in [1.29, 1.82) is 0 Å². The van der Waals surface area contributed by atoms with Crippen LogP contribution >= 0.6 is 11.8 Å². The summed E-state index contributed by atoms with van der Waals surface area (Å²) >= 11 is 1.97. The van der Waals surface area contributed by atoms with E-state index in [1.165, 1.54) is 0 Å². The van der Waals surface area contributed by atoms with Gasteiger partial charge < -0.3 is 19.1 Å². The average molecular weight is 466 g/mol.